The summed E-state index contributed by atoms with van der Waals surface area (Å²) >= 11 is 0. The summed E-state index contributed by atoms with van der Waals surface area (Å²) in [6, 6.07) is 33.2. The fourth-order valence-corrected chi connectivity index (χ4v) is 5.60. The molecule has 196 valence electrons. The number of nitrogens with two attached hydrogens (primary N) is 1. The normalized spacial score (nSPS) is 14.2. The molecule has 0 amide bonds. The van der Waals surface area contributed by atoms with Gasteiger partial charge in [0.2, 0.25) is 0 Å². The topological polar surface area (TPSA) is 82.5 Å². The van der Waals surface area contributed by atoms with Gasteiger partial charge in [-0.05, 0) is 59.2 Å². The molecule has 40 heavy (non-hydrogen) atoms. The highest BCUT2D eigenvalue weighted by Gasteiger charge is 2.34. The Morgan fingerprint density at radius 1 is 0.850 bits per heavy atom. The molecule has 0 radical (unpaired) electrons. The van der Waals surface area contributed by atoms with Gasteiger partial charge < -0.3 is 10.5 Å². The van der Waals surface area contributed by atoms with Crippen LogP contribution in [-0.2, 0) is 21.7 Å². The van der Waals surface area contributed by atoms with E-state index in [2.05, 4.69) is 54.7 Å². The first-order valence-electron chi connectivity index (χ1n) is 13.5. The molecule has 6 heteroatoms. The number of carbonyl (C=O) groups excluding carboxylic acids is 1. The van der Waals surface area contributed by atoms with Crippen molar-refractivity contribution in [2.75, 3.05) is 0 Å². The standard InChI is InChI=1S/C34H28N4O2/c35-34(17-4-18-34)28-14-11-26(12-15-28)32-30(25-5-2-1-3-6-25)20-38-33(36-32)29-19-27(13-16-31(29)37-38)24-9-7-23(8-10-24)21-40-22-39/h1-3,5-16,19-20,22H,4,17-18,21,35H2. The number of nitrogens with zero attached hydrogens (tertiary/aromatic N) is 3. The second-order valence-corrected chi connectivity index (χ2v) is 10.6. The van der Waals surface area contributed by atoms with E-state index in [1.54, 1.807) is 0 Å². The number of carbonyl (C=O) groups is 1. The van der Waals surface area contributed by atoms with Gasteiger partial charge in [0.25, 0.3) is 6.47 Å². The Hall–Kier alpha value is -4.81. The number of ether oxygens (including phenoxy) is 1. The van der Waals surface area contributed by atoms with Crippen molar-refractivity contribution in [1.29, 1.82) is 0 Å². The van der Waals surface area contributed by atoms with E-state index in [0.717, 1.165) is 68.5 Å². The van der Waals surface area contributed by atoms with E-state index in [9.17, 15) is 4.79 Å². The van der Waals surface area contributed by atoms with Crippen molar-refractivity contribution in [1.82, 2.24) is 14.6 Å². The summed E-state index contributed by atoms with van der Waals surface area (Å²) in [6.45, 7) is 0.732. The SMILES string of the molecule is NC1(c2ccc(-c3nc4c5cc(-c6ccc(COC=O)cc6)ccc5nn4cc3-c3ccccc3)cc2)CCC1. The largest absolute Gasteiger partial charge is 0.463 e. The molecule has 1 fully saturated rings. The molecule has 0 aliphatic heterocycles. The lowest BCUT2D eigenvalue weighted by Gasteiger charge is -2.38. The average molecular weight is 525 g/mol. The van der Waals surface area contributed by atoms with E-state index in [4.69, 9.17) is 20.6 Å². The maximum Gasteiger partial charge on any atom is 0.293 e. The molecule has 0 atom stereocenters. The molecule has 0 spiro atoms. The summed E-state index contributed by atoms with van der Waals surface area (Å²) in [6.07, 6.45) is 5.33. The van der Waals surface area contributed by atoms with Crippen molar-refractivity contribution < 1.29 is 9.53 Å². The number of fused-ring (bicyclic) bond motifs is 3. The van der Waals surface area contributed by atoms with Crippen molar-refractivity contribution in [3.8, 4) is 33.5 Å². The van der Waals surface area contributed by atoms with Gasteiger partial charge in [0, 0.05) is 28.2 Å². The van der Waals surface area contributed by atoms with Gasteiger partial charge in [-0.1, -0.05) is 84.9 Å². The van der Waals surface area contributed by atoms with Crippen LogP contribution in [0.1, 0.15) is 30.4 Å². The summed E-state index contributed by atoms with van der Waals surface area (Å²) < 4.78 is 6.76. The first-order chi connectivity index (χ1) is 19.6. The van der Waals surface area contributed by atoms with Crippen LogP contribution in [0, 0.1) is 0 Å². The Labute approximate surface area is 232 Å². The third kappa shape index (κ3) is 4.23. The molecule has 7 rings (SSSR count). The fourth-order valence-electron chi connectivity index (χ4n) is 5.60. The second kappa shape index (κ2) is 9.74. The van der Waals surface area contributed by atoms with Crippen LogP contribution in [-0.4, -0.2) is 21.1 Å². The number of hydrogen-bond acceptors (Lipinski definition) is 5. The van der Waals surface area contributed by atoms with E-state index in [-0.39, 0.29) is 12.1 Å². The van der Waals surface area contributed by atoms with Crippen molar-refractivity contribution in [3.05, 3.63) is 114 Å². The molecule has 1 aliphatic rings. The molecule has 0 bridgehead atoms. The molecular weight excluding hydrogens is 496 g/mol. The van der Waals surface area contributed by atoms with E-state index in [0.29, 0.717) is 6.47 Å². The van der Waals surface area contributed by atoms with E-state index in [1.807, 2.05) is 53.0 Å². The number of benzene rings is 4. The summed E-state index contributed by atoms with van der Waals surface area (Å²) in [5, 5.41) is 5.86. The highest BCUT2D eigenvalue weighted by atomic mass is 16.5. The predicted octanol–water partition coefficient (Wildman–Crippen LogP) is 6.89. The first kappa shape index (κ1) is 24.2. The second-order valence-electron chi connectivity index (χ2n) is 10.6. The smallest absolute Gasteiger partial charge is 0.293 e. The minimum absolute atomic E-state index is 0.198. The minimum Gasteiger partial charge on any atom is -0.463 e. The van der Waals surface area contributed by atoms with Crippen LogP contribution in [0.4, 0.5) is 0 Å². The van der Waals surface area contributed by atoms with Gasteiger partial charge in [-0.3, -0.25) is 4.79 Å². The third-order valence-electron chi connectivity index (χ3n) is 8.06. The maximum absolute atomic E-state index is 10.5. The molecule has 1 aliphatic carbocycles. The maximum atomic E-state index is 10.5. The Bertz CT molecular complexity index is 1840. The molecule has 4 aromatic carbocycles. The monoisotopic (exact) mass is 524 g/mol. The Kier molecular flexibility index (Phi) is 5.90. The lowest BCUT2D eigenvalue weighted by atomic mass is 9.72. The van der Waals surface area contributed by atoms with Crippen LogP contribution in [0.3, 0.4) is 0 Å². The molecule has 2 aromatic heterocycles. The van der Waals surface area contributed by atoms with Gasteiger partial charge in [0.1, 0.15) is 6.61 Å². The van der Waals surface area contributed by atoms with Crippen LogP contribution in [0.5, 0.6) is 0 Å². The van der Waals surface area contributed by atoms with Crippen molar-refractivity contribution in [2.24, 2.45) is 5.73 Å². The zero-order valence-electron chi connectivity index (χ0n) is 22.0. The summed E-state index contributed by atoms with van der Waals surface area (Å²) in [5.41, 5.74) is 16.4. The van der Waals surface area contributed by atoms with Gasteiger partial charge in [-0.2, -0.15) is 5.10 Å². The molecule has 6 nitrogen and oxygen atoms in total. The highest BCUT2D eigenvalue weighted by molar-refractivity contribution is 5.97. The van der Waals surface area contributed by atoms with Gasteiger partial charge in [0.05, 0.1) is 11.2 Å². The van der Waals surface area contributed by atoms with Crippen LogP contribution in [0.25, 0.3) is 50.1 Å². The van der Waals surface area contributed by atoms with Crippen LogP contribution >= 0.6 is 0 Å². The zero-order valence-corrected chi connectivity index (χ0v) is 22.0. The Balaban J connectivity index is 1.35. The summed E-state index contributed by atoms with van der Waals surface area (Å²) in [7, 11) is 0. The van der Waals surface area contributed by atoms with Crippen LogP contribution < -0.4 is 5.73 Å². The van der Waals surface area contributed by atoms with Gasteiger partial charge in [0.15, 0.2) is 5.65 Å². The number of hydrogen-bond donors (Lipinski definition) is 1. The Morgan fingerprint density at radius 3 is 2.27 bits per heavy atom. The highest BCUT2D eigenvalue weighted by Crippen LogP contribution is 2.40. The summed E-state index contributed by atoms with van der Waals surface area (Å²) in [4.78, 5) is 15.8. The minimum atomic E-state index is -0.198. The molecular formula is C34H28N4O2. The predicted molar refractivity (Wildman–Crippen MR) is 157 cm³/mol. The molecule has 2 N–H and O–H groups in total. The van der Waals surface area contributed by atoms with Crippen molar-refractivity contribution in [3.63, 3.8) is 0 Å². The first-order valence-corrected chi connectivity index (χ1v) is 13.5. The third-order valence-corrected chi connectivity index (χ3v) is 8.06. The Morgan fingerprint density at radius 2 is 1.57 bits per heavy atom. The van der Waals surface area contributed by atoms with Gasteiger partial charge >= 0.3 is 0 Å². The van der Waals surface area contributed by atoms with E-state index in [1.165, 1.54) is 12.0 Å². The molecule has 6 aromatic rings. The lowest BCUT2D eigenvalue weighted by Crippen LogP contribution is -2.43. The molecule has 0 unspecified atom stereocenters. The average Bonchev–Trinajstić information content (AvgIpc) is 3.36. The number of aromatic nitrogens is 3. The van der Waals surface area contributed by atoms with Crippen LogP contribution in [0.2, 0.25) is 0 Å². The van der Waals surface area contributed by atoms with Gasteiger partial charge in [-0.15, -0.1) is 0 Å². The lowest BCUT2D eigenvalue weighted by molar-refractivity contribution is -0.129. The van der Waals surface area contributed by atoms with E-state index >= 15 is 0 Å². The number of rotatable bonds is 7. The summed E-state index contributed by atoms with van der Waals surface area (Å²) in [5.74, 6) is 0. The molecule has 2 heterocycles. The van der Waals surface area contributed by atoms with Crippen LogP contribution in [0.15, 0.2) is 103 Å². The fraction of sp³-hybridized carbons (Fsp3) is 0.147. The molecule has 0 saturated heterocycles. The van der Waals surface area contributed by atoms with E-state index < -0.39 is 0 Å². The quantitative estimate of drug-likeness (QED) is 0.230. The van der Waals surface area contributed by atoms with Gasteiger partial charge in [-0.25, -0.2) is 9.50 Å². The molecule has 1 saturated carbocycles. The van der Waals surface area contributed by atoms with Crippen molar-refractivity contribution in [2.45, 2.75) is 31.4 Å². The zero-order chi connectivity index (χ0) is 27.1. The van der Waals surface area contributed by atoms with Crippen molar-refractivity contribution >= 4 is 23.0 Å².